The number of carboxylic acid groups (broad SMARTS) is 1. The highest BCUT2D eigenvalue weighted by Gasteiger charge is 2.18. The lowest BCUT2D eigenvalue weighted by molar-refractivity contribution is -0.135. The quantitative estimate of drug-likeness (QED) is 0.827. The molecule has 0 fully saturated rings. The first-order valence-corrected chi connectivity index (χ1v) is 5.83. The molecule has 6 heteroatoms. The van der Waals surface area contributed by atoms with Crippen LogP contribution in [0.15, 0.2) is 6.07 Å². The molecule has 0 aliphatic heterocycles. The Hall–Kier alpha value is -2.13. The first-order valence-electron chi connectivity index (χ1n) is 5.83. The number of ether oxygens (including phenoxy) is 1. The highest BCUT2D eigenvalue weighted by atomic mass is 16.5. The zero-order valence-electron chi connectivity index (χ0n) is 11.3. The Kier molecular flexibility index (Phi) is 5.27. The van der Waals surface area contributed by atoms with Gasteiger partial charge in [-0.15, -0.1) is 0 Å². The van der Waals surface area contributed by atoms with Gasteiger partial charge in [-0.3, -0.25) is 4.79 Å². The molecule has 0 spiro atoms. The van der Waals surface area contributed by atoms with Crippen molar-refractivity contribution in [2.45, 2.75) is 13.8 Å². The van der Waals surface area contributed by atoms with Gasteiger partial charge in [-0.05, 0) is 25.5 Å². The summed E-state index contributed by atoms with van der Waals surface area (Å²) >= 11 is 0. The summed E-state index contributed by atoms with van der Waals surface area (Å²) in [6, 6.07) is 3.89. The van der Waals surface area contributed by atoms with Gasteiger partial charge in [0.15, 0.2) is 0 Å². The highest BCUT2D eigenvalue weighted by Crippen LogP contribution is 2.21. The van der Waals surface area contributed by atoms with Crippen LogP contribution in [0.3, 0.4) is 0 Å². The lowest BCUT2D eigenvalue weighted by Gasteiger charge is -2.23. The third kappa shape index (κ3) is 3.93. The van der Waals surface area contributed by atoms with Crippen LogP contribution in [0, 0.1) is 25.2 Å². The average molecular weight is 263 g/mol. The predicted octanol–water partition coefficient (Wildman–Crippen LogP) is 1.11. The van der Waals surface area contributed by atoms with Crippen molar-refractivity contribution in [3.8, 4) is 6.07 Å². The first kappa shape index (κ1) is 14.9. The number of nitrogens with zero attached hydrogens (tertiary/aromatic N) is 3. The standard InChI is InChI=1S/C13H17N3O3/c1-9-6-10(2)15-13(11(9)7-14)16(4-5-19-3)8-12(17)18/h6H,4-5,8H2,1-3H3,(H,17,18). The topological polar surface area (TPSA) is 86.4 Å². The van der Waals surface area contributed by atoms with E-state index in [9.17, 15) is 10.1 Å². The number of carboxylic acids is 1. The van der Waals surface area contributed by atoms with E-state index >= 15 is 0 Å². The fourth-order valence-electron chi connectivity index (χ4n) is 1.81. The zero-order valence-corrected chi connectivity index (χ0v) is 11.3. The lowest BCUT2D eigenvalue weighted by atomic mass is 10.1. The smallest absolute Gasteiger partial charge is 0.323 e. The number of anilines is 1. The Morgan fingerprint density at radius 2 is 2.26 bits per heavy atom. The molecule has 1 N–H and O–H groups in total. The molecule has 0 aliphatic carbocycles. The minimum absolute atomic E-state index is 0.214. The minimum atomic E-state index is -0.971. The van der Waals surface area contributed by atoms with E-state index in [1.54, 1.807) is 18.1 Å². The molecule has 0 radical (unpaired) electrons. The monoisotopic (exact) mass is 263 g/mol. The Balaban J connectivity index is 3.20. The van der Waals surface area contributed by atoms with Crippen LogP contribution < -0.4 is 4.90 Å². The Bertz CT molecular complexity index is 509. The molecule has 19 heavy (non-hydrogen) atoms. The number of carbonyl (C=O) groups is 1. The van der Waals surface area contributed by atoms with Crippen molar-refractivity contribution < 1.29 is 14.6 Å². The average Bonchev–Trinajstić information content (AvgIpc) is 2.33. The van der Waals surface area contributed by atoms with Crippen molar-refractivity contribution in [1.29, 1.82) is 5.26 Å². The number of aryl methyl sites for hydroxylation is 2. The van der Waals surface area contributed by atoms with Crippen LogP contribution >= 0.6 is 0 Å². The minimum Gasteiger partial charge on any atom is -0.480 e. The van der Waals surface area contributed by atoms with E-state index < -0.39 is 5.97 Å². The van der Waals surface area contributed by atoms with Gasteiger partial charge in [-0.2, -0.15) is 5.26 Å². The fourth-order valence-corrected chi connectivity index (χ4v) is 1.81. The summed E-state index contributed by atoms with van der Waals surface area (Å²) in [7, 11) is 1.54. The van der Waals surface area contributed by atoms with E-state index in [1.165, 1.54) is 0 Å². The molecule has 1 aromatic heterocycles. The third-order valence-electron chi connectivity index (χ3n) is 2.63. The molecule has 0 amide bonds. The zero-order chi connectivity index (χ0) is 14.4. The van der Waals surface area contributed by atoms with Gasteiger partial charge in [-0.25, -0.2) is 4.98 Å². The van der Waals surface area contributed by atoms with Gasteiger partial charge in [0.1, 0.15) is 18.4 Å². The summed E-state index contributed by atoms with van der Waals surface area (Å²) < 4.78 is 4.96. The fraction of sp³-hybridized carbons (Fsp3) is 0.462. The van der Waals surface area contributed by atoms with E-state index in [2.05, 4.69) is 11.1 Å². The maximum Gasteiger partial charge on any atom is 0.323 e. The number of aromatic nitrogens is 1. The van der Waals surface area contributed by atoms with Crippen molar-refractivity contribution in [3.05, 3.63) is 22.9 Å². The van der Waals surface area contributed by atoms with Gasteiger partial charge < -0.3 is 14.7 Å². The Morgan fingerprint density at radius 3 is 2.79 bits per heavy atom. The number of methoxy groups -OCH3 is 1. The maximum absolute atomic E-state index is 10.9. The molecule has 6 nitrogen and oxygen atoms in total. The molecule has 1 heterocycles. The third-order valence-corrected chi connectivity index (χ3v) is 2.63. The molecule has 102 valence electrons. The van der Waals surface area contributed by atoms with Crippen LogP contribution in [0.4, 0.5) is 5.82 Å². The number of pyridine rings is 1. The number of nitriles is 1. The van der Waals surface area contributed by atoms with Gasteiger partial charge in [-0.1, -0.05) is 0 Å². The molecule has 1 rings (SSSR count). The normalized spacial score (nSPS) is 10.0. The van der Waals surface area contributed by atoms with Crippen molar-refractivity contribution in [2.24, 2.45) is 0 Å². The Morgan fingerprint density at radius 1 is 1.58 bits per heavy atom. The van der Waals surface area contributed by atoms with Crippen molar-refractivity contribution >= 4 is 11.8 Å². The number of rotatable bonds is 6. The van der Waals surface area contributed by atoms with Crippen LogP contribution in [-0.2, 0) is 9.53 Å². The largest absolute Gasteiger partial charge is 0.480 e. The second kappa shape index (κ2) is 6.71. The van der Waals surface area contributed by atoms with Gasteiger partial charge in [0.2, 0.25) is 0 Å². The highest BCUT2D eigenvalue weighted by molar-refractivity contribution is 5.74. The molecular weight excluding hydrogens is 246 g/mol. The maximum atomic E-state index is 10.9. The Labute approximate surface area is 112 Å². The van der Waals surface area contributed by atoms with E-state index in [1.807, 2.05) is 13.8 Å². The molecule has 0 saturated heterocycles. The molecule has 0 saturated carbocycles. The second-order valence-corrected chi connectivity index (χ2v) is 4.20. The van der Waals surface area contributed by atoms with Gasteiger partial charge in [0.25, 0.3) is 0 Å². The summed E-state index contributed by atoms with van der Waals surface area (Å²) in [4.78, 5) is 16.8. The van der Waals surface area contributed by atoms with Crippen LogP contribution in [0.1, 0.15) is 16.8 Å². The van der Waals surface area contributed by atoms with Crippen LogP contribution in [0.25, 0.3) is 0 Å². The van der Waals surface area contributed by atoms with E-state index in [0.29, 0.717) is 24.5 Å². The molecule has 0 atom stereocenters. The number of hydrogen-bond donors (Lipinski definition) is 1. The summed E-state index contributed by atoms with van der Waals surface area (Å²) in [6.07, 6.45) is 0. The van der Waals surface area contributed by atoms with Crippen molar-refractivity contribution in [1.82, 2.24) is 4.98 Å². The van der Waals surface area contributed by atoms with Crippen molar-refractivity contribution in [3.63, 3.8) is 0 Å². The van der Waals surface area contributed by atoms with E-state index in [4.69, 9.17) is 9.84 Å². The van der Waals surface area contributed by atoms with Crippen molar-refractivity contribution in [2.75, 3.05) is 31.7 Å². The van der Waals surface area contributed by atoms with Gasteiger partial charge in [0, 0.05) is 19.3 Å². The molecule has 0 unspecified atom stereocenters. The first-order chi connectivity index (χ1) is 8.99. The summed E-state index contributed by atoms with van der Waals surface area (Å²) in [5.41, 5.74) is 1.94. The molecule has 0 aliphatic rings. The number of aliphatic carboxylic acids is 1. The number of hydrogen-bond acceptors (Lipinski definition) is 5. The molecule has 1 aromatic rings. The summed E-state index contributed by atoms with van der Waals surface area (Å²) in [6.45, 7) is 4.15. The molecular formula is C13H17N3O3. The molecule has 0 aromatic carbocycles. The SMILES string of the molecule is COCCN(CC(=O)O)c1nc(C)cc(C)c1C#N. The van der Waals surface area contributed by atoms with Gasteiger partial charge >= 0.3 is 5.97 Å². The van der Waals surface area contributed by atoms with E-state index in [-0.39, 0.29) is 6.54 Å². The van der Waals surface area contributed by atoms with Crippen LogP contribution in [0.5, 0.6) is 0 Å². The van der Waals surface area contributed by atoms with Crippen LogP contribution in [0.2, 0.25) is 0 Å². The van der Waals surface area contributed by atoms with Crippen LogP contribution in [-0.4, -0.2) is 42.9 Å². The van der Waals surface area contributed by atoms with Gasteiger partial charge in [0.05, 0.1) is 12.2 Å². The predicted molar refractivity (Wildman–Crippen MR) is 70.2 cm³/mol. The van der Waals surface area contributed by atoms with E-state index in [0.717, 1.165) is 11.3 Å². The summed E-state index contributed by atoms with van der Waals surface area (Å²) in [5, 5.41) is 18.2. The molecule has 0 bridgehead atoms. The lowest BCUT2D eigenvalue weighted by Crippen LogP contribution is -2.34. The summed E-state index contributed by atoms with van der Waals surface area (Å²) in [5.74, 6) is -0.569. The second-order valence-electron chi connectivity index (χ2n) is 4.20.